The molecular formula is C18H46O7SiZr. The Hall–Kier alpha value is 0.820. The summed E-state index contributed by atoms with van der Waals surface area (Å²) in [5.74, 6) is 0. The Morgan fingerprint density at radius 2 is 0.667 bits per heavy atom. The first-order valence-electron chi connectivity index (χ1n) is 9.02. The summed E-state index contributed by atoms with van der Waals surface area (Å²) in [6, 6.07) is 0. The van der Waals surface area contributed by atoms with Gasteiger partial charge in [-0.25, -0.2) is 0 Å². The predicted molar refractivity (Wildman–Crippen MR) is 109 cm³/mol. The van der Waals surface area contributed by atoms with E-state index in [1.807, 2.05) is 62.3 Å². The van der Waals surface area contributed by atoms with Crippen LogP contribution in [0, 0.1) is 0 Å². The Balaban J connectivity index is -0.000000136. The number of hydrogen-bond acceptors (Lipinski definition) is 7. The van der Waals surface area contributed by atoms with Crippen molar-refractivity contribution in [1.29, 1.82) is 0 Å². The third kappa shape index (κ3) is 46.6. The molecule has 0 bridgehead atoms. The van der Waals surface area contributed by atoms with Gasteiger partial charge in [0.2, 0.25) is 0 Å². The fourth-order valence-electron chi connectivity index (χ4n) is 1.22. The molecular weight excluding hydrogens is 448 g/mol. The molecule has 168 valence electrons. The van der Waals surface area contributed by atoms with E-state index in [-0.39, 0.29) is 46.0 Å². The van der Waals surface area contributed by atoms with Crippen LogP contribution in [-0.4, -0.2) is 65.8 Å². The summed E-state index contributed by atoms with van der Waals surface area (Å²) in [6.07, 6.45) is 0. The van der Waals surface area contributed by atoms with Crippen LogP contribution in [-0.2, 0) is 39.5 Å². The minimum atomic E-state index is -3.66. The van der Waals surface area contributed by atoms with Gasteiger partial charge in [0.1, 0.15) is 0 Å². The molecule has 0 spiro atoms. The van der Waals surface area contributed by atoms with Gasteiger partial charge < -0.3 is 33.4 Å². The fraction of sp³-hybridized carbons (Fsp3) is 1.00. The van der Waals surface area contributed by atoms with E-state index >= 15 is 0 Å². The first-order chi connectivity index (χ1) is 11.4. The Bertz CT molecular complexity index is 252. The van der Waals surface area contributed by atoms with Gasteiger partial charge in [-0.15, -0.1) is 0 Å². The number of rotatable bonds is 3. The average Bonchev–Trinajstić information content (AvgIpc) is 2.22. The molecule has 0 aliphatic carbocycles. The maximum atomic E-state index is 10.5. The molecule has 0 atom stereocenters. The summed E-state index contributed by atoms with van der Waals surface area (Å²) >= 11 is 0. The smallest absolute Gasteiger partial charge is 0.397 e. The Morgan fingerprint density at radius 3 is 0.741 bits per heavy atom. The molecule has 0 aromatic rings. The van der Waals surface area contributed by atoms with Gasteiger partial charge in [0.25, 0.3) is 0 Å². The minimum absolute atomic E-state index is 0. The van der Waals surface area contributed by atoms with Gasteiger partial charge in [0.15, 0.2) is 0 Å². The van der Waals surface area contributed by atoms with Crippen molar-refractivity contribution < 1.29 is 59.6 Å². The van der Waals surface area contributed by atoms with Crippen LogP contribution in [0.25, 0.3) is 0 Å². The first kappa shape index (κ1) is 38.4. The molecule has 0 aliphatic heterocycles. The fourth-order valence-corrected chi connectivity index (χ4v) is 3.67. The molecule has 0 saturated heterocycles. The van der Waals surface area contributed by atoms with Crippen LogP contribution >= 0.6 is 0 Å². The van der Waals surface area contributed by atoms with Crippen LogP contribution in [0.5, 0.6) is 0 Å². The van der Waals surface area contributed by atoms with Gasteiger partial charge in [-0.3, -0.25) is 0 Å². The van der Waals surface area contributed by atoms with Crippen molar-refractivity contribution in [2.75, 3.05) is 19.8 Å². The van der Waals surface area contributed by atoms with E-state index in [1.165, 1.54) is 0 Å². The van der Waals surface area contributed by atoms with Gasteiger partial charge in [-0.05, 0) is 83.1 Å². The molecule has 9 heteroatoms. The maximum absolute atomic E-state index is 10.5. The van der Waals surface area contributed by atoms with Gasteiger partial charge in [0, 0.05) is 46.0 Å². The van der Waals surface area contributed by atoms with Crippen LogP contribution in [0.2, 0.25) is 0 Å². The van der Waals surface area contributed by atoms with Crippen LogP contribution < -0.4 is 0 Å². The van der Waals surface area contributed by atoms with Gasteiger partial charge >= 0.3 is 9.05 Å². The average molecular weight is 494 g/mol. The summed E-state index contributed by atoms with van der Waals surface area (Å²) < 4.78 is 16.9. The second kappa shape index (κ2) is 18.8. The summed E-state index contributed by atoms with van der Waals surface area (Å²) in [7, 11) is -3.66. The summed E-state index contributed by atoms with van der Waals surface area (Å²) in [6.45, 7) is 22.6. The number of aliphatic hydroxyl groups is 3. The van der Waals surface area contributed by atoms with E-state index in [1.54, 1.807) is 20.8 Å². The van der Waals surface area contributed by atoms with Crippen molar-refractivity contribution >= 4 is 9.05 Å². The standard InChI is InChI=1S/C12H28O4Si.3C2H6O.Zr/c1-10(2,3)14-17(13,15-11(4,5)6)16-12(7,8)9;3*1-2-3;/h13H,1-9H3;3*3H,2H2,1H3;. The van der Waals surface area contributed by atoms with Crippen molar-refractivity contribution in [3.05, 3.63) is 0 Å². The van der Waals surface area contributed by atoms with E-state index in [0.717, 1.165) is 0 Å². The van der Waals surface area contributed by atoms with Crippen molar-refractivity contribution in [1.82, 2.24) is 0 Å². The number of aliphatic hydroxyl groups excluding tert-OH is 3. The zero-order valence-electron chi connectivity index (χ0n) is 19.6. The second-order valence-electron chi connectivity index (χ2n) is 8.12. The largest absolute Gasteiger partial charge is 0.678 e. The van der Waals surface area contributed by atoms with E-state index in [9.17, 15) is 4.80 Å². The molecule has 0 unspecified atom stereocenters. The van der Waals surface area contributed by atoms with Crippen LogP contribution in [0.15, 0.2) is 0 Å². The zero-order chi connectivity index (χ0) is 22.2. The Kier molecular flexibility index (Phi) is 26.8. The van der Waals surface area contributed by atoms with Crippen LogP contribution in [0.3, 0.4) is 0 Å². The molecule has 0 rings (SSSR count). The molecule has 0 amide bonds. The molecule has 4 N–H and O–H groups in total. The normalized spacial score (nSPS) is 11.6. The third-order valence-electron chi connectivity index (χ3n) is 1.31. The predicted octanol–water partition coefficient (Wildman–Crippen LogP) is 2.85. The van der Waals surface area contributed by atoms with Crippen molar-refractivity contribution in [3.8, 4) is 0 Å². The maximum Gasteiger partial charge on any atom is 0.678 e. The molecule has 0 saturated carbocycles. The van der Waals surface area contributed by atoms with E-state index in [4.69, 9.17) is 28.6 Å². The van der Waals surface area contributed by atoms with Gasteiger partial charge in [-0.1, -0.05) is 0 Å². The van der Waals surface area contributed by atoms with Crippen LogP contribution in [0.4, 0.5) is 0 Å². The van der Waals surface area contributed by atoms with Crippen molar-refractivity contribution in [3.63, 3.8) is 0 Å². The quantitative estimate of drug-likeness (QED) is 0.448. The molecule has 0 radical (unpaired) electrons. The zero-order valence-corrected chi connectivity index (χ0v) is 23.1. The molecule has 0 aliphatic rings. The molecule has 0 heterocycles. The summed E-state index contributed by atoms with van der Waals surface area (Å²) in [5.41, 5.74) is -1.55. The van der Waals surface area contributed by atoms with E-state index < -0.39 is 25.9 Å². The Morgan fingerprint density at radius 1 is 0.556 bits per heavy atom. The molecule has 0 aromatic carbocycles. The topological polar surface area (TPSA) is 109 Å². The second-order valence-corrected chi connectivity index (χ2v) is 9.78. The van der Waals surface area contributed by atoms with Crippen molar-refractivity contribution in [2.45, 2.75) is 99.9 Å². The van der Waals surface area contributed by atoms with E-state index in [0.29, 0.717) is 0 Å². The number of hydrogen-bond donors (Lipinski definition) is 4. The third-order valence-corrected chi connectivity index (χ3v) is 3.92. The molecule has 7 nitrogen and oxygen atoms in total. The minimum Gasteiger partial charge on any atom is -0.397 e. The summed E-state index contributed by atoms with van der Waals surface area (Å²) in [5, 5.41) is 22.7. The molecule has 27 heavy (non-hydrogen) atoms. The van der Waals surface area contributed by atoms with Crippen molar-refractivity contribution in [2.24, 2.45) is 0 Å². The Labute approximate surface area is 188 Å². The SMILES string of the molecule is CC(C)(C)O[Si](O)(OC(C)(C)C)OC(C)(C)C.CCO.CCO.CCO.[Zr]. The molecule has 0 fully saturated rings. The monoisotopic (exact) mass is 492 g/mol. The van der Waals surface area contributed by atoms with Gasteiger partial charge in [-0.2, -0.15) is 0 Å². The summed E-state index contributed by atoms with van der Waals surface area (Å²) in [4.78, 5) is 10.5. The van der Waals surface area contributed by atoms with Gasteiger partial charge in [0.05, 0.1) is 16.8 Å². The molecule has 0 aromatic heterocycles. The van der Waals surface area contributed by atoms with E-state index in [2.05, 4.69) is 0 Å². The van der Waals surface area contributed by atoms with Crippen LogP contribution in [0.1, 0.15) is 83.1 Å². The first-order valence-corrected chi connectivity index (χ1v) is 10.7.